The minimum atomic E-state index is 0.984. The maximum atomic E-state index is 5.01. The van der Waals surface area contributed by atoms with Crippen molar-refractivity contribution in [1.82, 2.24) is 0 Å². The molecule has 2 aliphatic rings. The van der Waals surface area contributed by atoms with Gasteiger partial charge in [-0.25, -0.2) is 0 Å². The molecule has 3 rings (SSSR count). The molecule has 0 radical (unpaired) electrons. The van der Waals surface area contributed by atoms with E-state index in [0.717, 1.165) is 11.5 Å². The molecule has 1 nitrogen and oxygen atoms in total. The molecule has 1 aromatic carbocycles. The second-order valence-electron chi connectivity index (χ2n) is 1.58. The Hall–Kier alpha value is -1.42. The number of hydrogen-bond donors (Lipinski definition) is 0. The Balaban J connectivity index is 0.000000186. The second kappa shape index (κ2) is 2.23. The van der Waals surface area contributed by atoms with Crippen molar-refractivity contribution in [3.63, 3.8) is 0 Å². The molecule has 9 heavy (non-hydrogen) atoms. The van der Waals surface area contributed by atoms with Crippen molar-refractivity contribution in [1.29, 1.82) is 0 Å². The van der Waals surface area contributed by atoms with Crippen LogP contribution in [0.1, 0.15) is 0 Å². The highest BCUT2D eigenvalue weighted by Crippen LogP contribution is 2.32. The number of rotatable bonds is 0. The van der Waals surface area contributed by atoms with Crippen molar-refractivity contribution >= 4 is 0 Å². The number of fused-ring (bicyclic) bond motifs is 2. The number of terminal acetylenes is 1. The first-order valence-corrected chi connectivity index (χ1v) is 2.56. The molecule has 0 saturated heterocycles. The number of benzene rings is 1. The largest absolute Gasteiger partial charge is 0.457 e. The fourth-order valence-corrected chi connectivity index (χ4v) is 0.679. The van der Waals surface area contributed by atoms with Gasteiger partial charge in [-0.05, 0) is 12.1 Å². The van der Waals surface area contributed by atoms with Crippen LogP contribution in [0.2, 0.25) is 0 Å². The van der Waals surface area contributed by atoms with Crippen molar-refractivity contribution in [3.8, 4) is 24.3 Å². The Labute approximate surface area is 54.3 Å². The summed E-state index contributed by atoms with van der Waals surface area (Å²) in [6.07, 6.45) is 8.00. The van der Waals surface area contributed by atoms with Gasteiger partial charge in [0, 0.05) is 6.07 Å². The third-order valence-electron chi connectivity index (χ3n) is 1.04. The summed E-state index contributed by atoms with van der Waals surface area (Å²) in [6.45, 7) is 0. The molecule has 2 heterocycles. The molecular weight excluding hydrogens is 112 g/mol. The Morgan fingerprint density at radius 1 is 1.11 bits per heavy atom. The first kappa shape index (κ1) is 5.71. The van der Waals surface area contributed by atoms with Crippen LogP contribution in [0.5, 0.6) is 11.5 Å². The summed E-state index contributed by atoms with van der Waals surface area (Å²) in [4.78, 5) is 0. The molecule has 0 N–H and O–H groups in total. The lowest BCUT2D eigenvalue weighted by Gasteiger charge is -2.13. The fourth-order valence-electron chi connectivity index (χ4n) is 0.679. The van der Waals surface area contributed by atoms with Gasteiger partial charge >= 0.3 is 0 Å². The minimum absolute atomic E-state index is 0.984. The van der Waals surface area contributed by atoms with Crippen LogP contribution in [0, 0.1) is 12.8 Å². The lowest BCUT2D eigenvalue weighted by Crippen LogP contribution is -1.91. The van der Waals surface area contributed by atoms with Crippen LogP contribution < -0.4 is 4.74 Å². The van der Waals surface area contributed by atoms with E-state index in [1.807, 2.05) is 24.3 Å². The molecule has 0 unspecified atom stereocenters. The monoisotopic (exact) mass is 118 g/mol. The SMILES string of the molecule is C#C.c1cc2cc(c1)O2. The van der Waals surface area contributed by atoms with E-state index in [1.165, 1.54) is 0 Å². The minimum Gasteiger partial charge on any atom is -0.457 e. The first-order valence-electron chi connectivity index (χ1n) is 2.56. The fraction of sp³-hybridized carbons (Fsp3) is 0. The van der Waals surface area contributed by atoms with Crippen LogP contribution in [-0.4, -0.2) is 0 Å². The van der Waals surface area contributed by atoms with E-state index in [4.69, 9.17) is 4.74 Å². The van der Waals surface area contributed by atoms with Gasteiger partial charge in [-0.1, -0.05) is 6.07 Å². The molecule has 2 bridgehead atoms. The van der Waals surface area contributed by atoms with Gasteiger partial charge in [0.05, 0.1) is 0 Å². The summed E-state index contributed by atoms with van der Waals surface area (Å²) in [5.41, 5.74) is 0. The summed E-state index contributed by atoms with van der Waals surface area (Å²) in [5, 5.41) is 0. The van der Waals surface area contributed by atoms with Gasteiger partial charge in [-0.15, -0.1) is 12.8 Å². The quantitative estimate of drug-likeness (QED) is 0.481. The third kappa shape index (κ3) is 0.872. The Morgan fingerprint density at radius 2 is 1.56 bits per heavy atom. The summed E-state index contributed by atoms with van der Waals surface area (Å²) in [6, 6.07) is 7.86. The number of ether oxygens (including phenoxy) is 1. The average molecular weight is 118 g/mol. The molecule has 0 fully saturated rings. The van der Waals surface area contributed by atoms with Gasteiger partial charge < -0.3 is 4.74 Å². The molecule has 0 atom stereocenters. The molecule has 0 saturated carbocycles. The van der Waals surface area contributed by atoms with Crippen LogP contribution in [0.15, 0.2) is 24.3 Å². The predicted molar refractivity (Wildman–Crippen MR) is 36.4 cm³/mol. The topological polar surface area (TPSA) is 9.23 Å². The van der Waals surface area contributed by atoms with E-state index >= 15 is 0 Å². The molecular formula is C8H6O. The highest BCUT2D eigenvalue weighted by Gasteiger charge is 2.05. The Kier molecular flexibility index (Phi) is 1.42. The molecule has 1 heteroatoms. The van der Waals surface area contributed by atoms with Crippen LogP contribution >= 0.6 is 0 Å². The standard InChI is InChI=1S/C6H4O.C2H2/c1-2-5-4-6(3-1)7-5;1-2/h1-4H;1-2H. The zero-order chi connectivity index (χ0) is 6.69. The van der Waals surface area contributed by atoms with E-state index in [9.17, 15) is 0 Å². The van der Waals surface area contributed by atoms with Crippen LogP contribution in [0.25, 0.3) is 0 Å². The van der Waals surface area contributed by atoms with E-state index in [1.54, 1.807) is 0 Å². The average Bonchev–Trinajstić information content (AvgIpc) is 1.93. The van der Waals surface area contributed by atoms with Gasteiger partial charge in [-0.2, -0.15) is 0 Å². The van der Waals surface area contributed by atoms with Gasteiger partial charge in [0.2, 0.25) is 0 Å². The predicted octanol–water partition coefficient (Wildman–Crippen LogP) is 2.04. The van der Waals surface area contributed by atoms with Gasteiger partial charge in [-0.3, -0.25) is 0 Å². The lowest BCUT2D eigenvalue weighted by molar-refractivity contribution is 0.438. The van der Waals surface area contributed by atoms with Crippen LogP contribution in [0.4, 0.5) is 0 Å². The van der Waals surface area contributed by atoms with Crippen LogP contribution in [0.3, 0.4) is 0 Å². The third-order valence-corrected chi connectivity index (χ3v) is 1.04. The smallest absolute Gasteiger partial charge is 0.131 e. The molecule has 0 spiro atoms. The Bertz CT molecular complexity index is 200. The van der Waals surface area contributed by atoms with E-state index < -0.39 is 0 Å². The maximum absolute atomic E-state index is 5.01. The van der Waals surface area contributed by atoms with E-state index in [-0.39, 0.29) is 0 Å². The second-order valence-corrected chi connectivity index (χ2v) is 1.58. The van der Waals surface area contributed by atoms with Gasteiger partial charge in [0.1, 0.15) is 11.5 Å². The molecule has 44 valence electrons. The molecule has 2 aliphatic heterocycles. The zero-order valence-corrected chi connectivity index (χ0v) is 4.87. The maximum Gasteiger partial charge on any atom is 0.131 e. The first-order chi connectivity index (χ1) is 4.45. The number of hydrogen-bond acceptors (Lipinski definition) is 1. The van der Waals surface area contributed by atoms with Crippen molar-refractivity contribution in [2.45, 2.75) is 0 Å². The Morgan fingerprint density at radius 3 is 1.67 bits per heavy atom. The summed E-state index contributed by atoms with van der Waals surface area (Å²) in [5.74, 6) is 1.97. The lowest BCUT2D eigenvalue weighted by atomic mass is 10.2. The van der Waals surface area contributed by atoms with E-state index in [0.29, 0.717) is 0 Å². The normalized spacial score (nSPS) is 9.56. The highest BCUT2D eigenvalue weighted by molar-refractivity contribution is 5.43. The molecule has 0 aliphatic carbocycles. The zero-order valence-electron chi connectivity index (χ0n) is 4.87. The summed E-state index contributed by atoms with van der Waals surface area (Å²) >= 11 is 0. The molecule has 0 aromatic heterocycles. The van der Waals surface area contributed by atoms with Crippen molar-refractivity contribution < 1.29 is 4.74 Å². The summed E-state index contributed by atoms with van der Waals surface area (Å²) < 4.78 is 5.01. The van der Waals surface area contributed by atoms with Crippen LogP contribution in [-0.2, 0) is 0 Å². The van der Waals surface area contributed by atoms with Crippen molar-refractivity contribution in [2.24, 2.45) is 0 Å². The van der Waals surface area contributed by atoms with Crippen molar-refractivity contribution in [2.75, 3.05) is 0 Å². The van der Waals surface area contributed by atoms with Crippen molar-refractivity contribution in [3.05, 3.63) is 24.3 Å². The molecule has 1 aromatic rings. The van der Waals surface area contributed by atoms with E-state index in [2.05, 4.69) is 12.8 Å². The summed E-state index contributed by atoms with van der Waals surface area (Å²) in [7, 11) is 0. The highest BCUT2D eigenvalue weighted by atomic mass is 16.5. The molecule has 0 amide bonds. The van der Waals surface area contributed by atoms with Gasteiger partial charge in [0.25, 0.3) is 0 Å². The van der Waals surface area contributed by atoms with Gasteiger partial charge in [0.15, 0.2) is 0 Å².